The maximum Gasteiger partial charge on any atom is 0.237 e. The van der Waals surface area contributed by atoms with Crippen LogP contribution in [0.4, 0.5) is 5.69 Å². The Bertz CT molecular complexity index is 740. The number of carbonyl (C=O) groups is 1. The van der Waals surface area contributed by atoms with Crippen LogP contribution in [0.1, 0.15) is 6.92 Å². The van der Waals surface area contributed by atoms with Crippen LogP contribution in [-0.4, -0.2) is 25.4 Å². The topological polar surface area (TPSA) is 47.6 Å². The summed E-state index contributed by atoms with van der Waals surface area (Å²) in [5.41, 5.74) is 0.494. The van der Waals surface area contributed by atoms with Crippen LogP contribution < -0.4 is 14.8 Å². The molecule has 0 fully saturated rings. The Kier molecular flexibility index (Phi) is 6.66. The van der Waals surface area contributed by atoms with Gasteiger partial charge in [-0.3, -0.25) is 4.79 Å². The first kappa shape index (κ1) is 18.8. The van der Waals surface area contributed by atoms with E-state index in [0.29, 0.717) is 27.2 Å². The van der Waals surface area contributed by atoms with E-state index in [2.05, 4.69) is 5.32 Å². The Hall–Kier alpha value is -1.56. The predicted octanol–water partition coefficient (Wildman–Crippen LogP) is 5.13. The molecule has 0 radical (unpaired) electrons. The smallest absolute Gasteiger partial charge is 0.237 e. The van der Waals surface area contributed by atoms with Crippen LogP contribution in [-0.2, 0) is 4.79 Å². The molecule has 0 spiro atoms. The van der Waals surface area contributed by atoms with Crippen molar-refractivity contribution in [3.05, 3.63) is 46.4 Å². The third-order valence-corrected chi connectivity index (χ3v) is 4.88. The second kappa shape index (κ2) is 8.51. The molecule has 0 aliphatic carbocycles. The van der Waals surface area contributed by atoms with Gasteiger partial charge in [0.15, 0.2) is 11.5 Å². The molecule has 0 bridgehead atoms. The lowest BCUT2D eigenvalue weighted by Crippen LogP contribution is -2.22. The SMILES string of the molecule is COc1ccc(S[C@H](C)C(=O)Nc2cc(Cl)ccc2Cl)cc1OC. The average molecular weight is 386 g/mol. The van der Waals surface area contributed by atoms with Crippen molar-refractivity contribution in [1.82, 2.24) is 0 Å². The van der Waals surface area contributed by atoms with Gasteiger partial charge in [0.2, 0.25) is 5.91 Å². The molecule has 1 N–H and O–H groups in total. The van der Waals surface area contributed by atoms with E-state index in [0.717, 1.165) is 4.90 Å². The quantitative estimate of drug-likeness (QED) is 0.700. The third-order valence-electron chi connectivity index (χ3n) is 3.22. The van der Waals surface area contributed by atoms with Crippen molar-refractivity contribution in [3.63, 3.8) is 0 Å². The monoisotopic (exact) mass is 385 g/mol. The number of hydrogen-bond donors (Lipinski definition) is 1. The number of hydrogen-bond acceptors (Lipinski definition) is 4. The number of anilines is 1. The van der Waals surface area contributed by atoms with Crippen LogP contribution >= 0.6 is 35.0 Å². The molecule has 1 amide bonds. The van der Waals surface area contributed by atoms with Crippen molar-refractivity contribution in [2.45, 2.75) is 17.1 Å². The number of benzene rings is 2. The van der Waals surface area contributed by atoms with Gasteiger partial charge in [-0.15, -0.1) is 11.8 Å². The molecule has 2 aromatic carbocycles. The molecular weight excluding hydrogens is 369 g/mol. The summed E-state index contributed by atoms with van der Waals surface area (Å²) in [5, 5.41) is 3.41. The molecule has 128 valence electrons. The second-order valence-corrected chi connectivity index (χ2v) is 7.15. The summed E-state index contributed by atoms with van der Waals surface area (Å²) in [4.78, 5) is 13.3. The summed E-state index contributed by atoms with van der Waals surface area (Å²) in [6, 6.07) is 10.4. The number of rotatable bonds is 6. The zero-order valence-electron chi connectivity index (χ0n) is 13.4. The van der Waals surface area contributed by atoms with Crippen LogP contribution in [0.2, 0.25) is 10.0 Å². The van der Waals surface area contributed by atoms with Crippen molar-refractivity contribution >= 4 is 46.6 Å². The normalized spacial score (nSPS) is 11.7. The van der Waals surface area contributed by atoms with E-state index in [1.54, 1.807) is 38.5 Å². The van der Waals surface area contributed by atoms with Gasteiger partial charge in [0.1, 0.15) is 0 Å². The van der Waals surface area contributed by atoms with Crippen LogP contribution in [0.3, 0.4) is 0 Å². The lowest BCUT2D eigenvalue weighted by molar-refractivity contribution is -0.115. The van der Waals surface area contributed by atoms with E-state index in [1.807, 2.05) is 19.1 Å². The van der Waals surface area contributed by atoms with Crippen molar-refractivity contribution in [3.8, 4) is 11.5 Å². The summed E-state index contributed by atoms with van der Waals surface area (Å²) in [5.74, 6) is 1.09. The zero-order valence-corrected chi connectivity index (χ0v) is 15.8. The highest BCUT2D eigenvalue weighted by Crippen LogP contribution is 2.34. The van der Waals surface area contributed by atoms with Crippen molar-refractivity contribution in [2.24, 2.45) is 0 Å². The van der Waals surface area contributed by atoms with E-state index in [-0.39, 0.29) is 11.2 Å². The Balaban J connectivity index is 2.07. The molecule has 24 heavy (non-hydrogen) atoms. The number of thioether (sulfide) groups is 1. The molecule has 1 atom stereocenters. The second-order valence-electron chi connectivity index (χ2n) is 4.89. The molecule has 4 nitrogen and oxygen atoms in total. The van der Waals surface area contributed by atoms with E-state index in [1.165, 1.54) is 11.8 Å². The highest BCUT2D eigenvalue weighted by Gasteiger charge is 2.17. The first-order valence-electron chi connectivity index (χ1n) is 7.09. The summed E-state index contributed by atoms with van der Waals surface area (Å²) >= 11 is 13.4. The molecule has 0 unspecified atom stereocenters. The molecular formula is C17H17Cl2NO3S. The standard InChI is InChI=1S/C17H17Cl2NO3S/c1-10(17(21)20-14-8-11(18)4-6-13(14)19)24-12-5-7-15(22-2)16(9-12)23-3/h4-10H,1-3H3,(H,20,21)/t10-/m1/s1. The van der Waals surface area contributed by atoms with E-state index in [9.17, 15) is 4.79 Å². The fourth-order valence-corrected chi connectivity index (χ4v) is 3.21. The lowest BCUT2D eigenvalue weighted by atomic mass is 10.3. The van der Waals surface area contributed by atoms with Crippen LogP contribution in [0.15, 0.2) is 41.3 Å². The van der Waals surface area contributed by atoms with Crippen molar-refractivity contribution < 1.29 is 14.3 Å². The van der Waals surface area contributed by atoms with Gasteiger partial charge < -0.3 is 14.8 Å². The Morgan fingerprint density at radius 1 is 1.08 bits per heavy atom. The number of halogens is 2. The van der Waals surface area contributed by atoms with E-state index in [4.69, 9.17) is 32.7 Å². The highest BCUT2D eigenvalue weighted by molar-refractivity contribution is 8.00. The number of nitrogens with one attached hydrogen (secondary N) is 1. The Morgan fingerprint density at radius 2 is 1.79 bits per heavy atom. The molecule has 0 saturated carbocycles. The predicted molar refractivity (Wildman–Crippen MR) is 100.0 cm³/mol. The molecule has 2 rings (SSSR count). The largest absolute Gasteiger partial charge is 0.493 e. The minimum atomic E-state index is -0.335. The van der Waals surface area contributed by atoms with Crippen molar-refractivity contribution in [1.29, 1.82) is 0 Å². The van der Waals surface area contributed by atoms with Crippen molar-refractivity contribution in [2.75, 3.05) is 19.5 Å². The van der Waals surface area contributed by atoms with E-state index < -0.39 is 0 Å². The molecule has 0 aromatic heterocycles. The highest BCUT2D eigenvalue weighted by atomic mass is 35.5. The van der Waals surface area contributed by atoms with Gasteiger partial charge in [-0.1, -0.05) is 23.2 Å². The number of methoxy groups -OCH3 is 2. The van der Waals surface area contributed by atoms with Gasteiger partial charge in [-0.05, 0) is 43.3 Å². The van der Waals surface area contributed by atoms with Crippen LogP contribution in [0.5, 0.6) is 11.5 Å². The lowest BCUT2D eigenvalue weighted by Gasteiger charge is -2.14. The molecule has 0 heterocycles. The summed E-state index contributed by atoms with van der Waals surface area (Å²) in [6.45, 7) is 1.81. The molecule has 0 aliphatic heterocycles. The number of carbonyl (C=O) groups excluding carboxylic acids is 1. The minimum Gasteiger partial charge on any atom is -0.493 e. The molecule has 7 heteroatoms. The average Bonchev–Trinajstić information content (AvgIpc) is 2.57. The maximum absolute atomic E-state index is 12.4. The summed E-state index contributed by atoms with van der Waals surface area (Å²) in [7, 11) is 3.15. The van der Waals surface area contributed by atoms with E-state index >= 15 is 0 Å². The minimum absolute atomic E-state index is 0.168. The first-order valence-corrected chi connectivity index (χ1v) is 8.72. The Labute approximate surface area is 155 Å². The fraction of sp³-hybridized carbons (Fsp3) is 0.235. The molecule has 0 saturated heterocycles. The molecule has 2 aromatic rings. The molecule has 0 aliphatic rings. The fourth-order valence-electron chi connectivity index (χ4n) is 1.98. The van der Waals surface area contributed by atoms with Gasteiger partial charge in [0.25, 0.3) is 0 Å². The maximum atomic E-state index is 12.4. The van der Waals surface area contributed by atoms with Crippen LogP contribution in [0, 0.1) is 0 Å². The summed E-state index contributed by atoms with van der Waals surface area (Å²) < 4.78 is 10.5. The van der Waals surface area contributed by atoms with Crippen LogP contribution in [0.25, 0.3) is 0 Å². The number of ether oxygens (including phenoxy) is 2. The number of amides is 1. The summed E-state index contributed by atoms with van der Waals surface area (Å²) in [6.07, 6.45) is 0. The Morgan fingerprint density at radius 3 is 2.46 bits per heavy atom. The first-order chi connectivity index (χ1) is 11.4. The van der Waals surface area contributed by atoms with Gasteiger partial charge in [-0.2, -0.15) is 0 Å². The van der Waals surface area contributed by atoms with Gasteiger partial charge in [0.05, 0.1) is 30.2 Å². The van der Waals surface area contributed by atoms with Gasteiger partial charge in [0, 0.05) is 9.92 Å². The third kappa shape index (κ3) is 4.72. The van der Waals surface area contributed by atoms with Gasteiger partial charge in [-0.25, -0.2) is 0 Å². The zero-order chi connectivity index (χ0) is 17.7. The van der Waals surface area contributed by atoms with Gasteiger partial charge >= 0.3 is 0 Å².